The smallest absolute Gasteiger partial charge is 0.225 e. The van der Waals surface area contributed by atoms with Crippen molar-refractivity contribution in [2.45, 2.75) is 26.3 Å². The van der Waals surface area contributed by atoms with E-state index in [4.69, 9.17) is 0 Å². The largest absolute Gasteiger partial charge is 0.337 e. The highest BCUT2D eigenvalue weighted by Crippen LogP contribution is 2.14. The molecule has 1 heterocycles. The lowest BCUT2D eigenvalue weighted by Crippen LogP contribution is -2.55. The van der Waals surface area contributed by atoms with Crippen LogP contribution in [0.1, 0.15) is 19.4 Å². The summed E-state index contributed by atoms with van der Waals surface area (Å²) in [6.07, 6.45) is 0.937. The van der Waals surface area contributed by atoms with Gasteiger partial charge < -0.3 is 10.2 Å². The Morgan fingerprint density at radius 1 is 1.39 bits per heavy atom. The van der Waals surface area contributed by atoms with E-state index in [-0.39, 0.29) is 17.9 Å². The molecule has 0 bridgehead atoms. The zero-order chi connectivity index (χ0) is 13.0. The number of benzene rings is 1. The molecule has 1 aromatic rings. The Hall–Kier alpha value is -1.35. The molecule has 0 aromatic heterocycles. The first-order valence-corrected chi connectivity index (χ1v) is 6.73. The Bertz CT molecular complexity index is 389. The second-order valence-electron chi connectivity index (χ2n) is 5.23. The van der Waals surface area contributed by atoms with Crippen LogP contribution >= 0.6 is 0 Å². The average Bonchev–Trinajstić information content (AvgIpc) is 2.39. The summed E-state index contributed by atoms with van der Waals surface area (Å²) < 4.78 is 0. The van der Waals surface area contributed by atoms with Crippen LogP contribution in [0.2, 0.25) is 0 Å². The summed E-state index contributed by atoms with van der Waals surface area (Å²) in [7, 11) is 0. The van der Waals surface area contributed by atoms with E-state index in [1.807, 2.05) is 24.8 Å². The van der Waals surface area contributed by atoms with Crippen molar-refractivity contribution < 1.29 is 4.79 Å². The molecular formula is C15H22N2O. The van der Waals surface area contributed by atoms with Crippen LogP contribution in [0.4, 0.5) is 0 Å². The van der Waals surface area contributed by atoms with Gasteiger partial charge in [0.05, 0.1) is 0 Å². The molecule has 1 unspecified atom stereocenters. The monoisotopic (exact) mass is 246 g/mol. The number of nitrogens with one attached hydrogen (secondary N) is 1. The predicted octanol–water partition coefficient (Wildman–Crippen LogP) is 1.69. The van der Waals surface area contributed by atoms with Crippen molar-refractivity contribution in [1.82, 2.24) is 10.2 Å². The maximum Gasteiger partial charge on any atom is 0.225 e. The summed E-state index contributed by atoms with van der Waals surface area (Å²) in [5.41, 5.74) is 1.30. The fourth-order valence-electron chi connectivity index (χ4n) is 2.45. The highest BCUT2D eigenvalue weighted by Gasteiger charge is 2.27. The third kappa shape index (κ3) is 3.10. The molecule has 1 saturated heterocycles. The molecule has 0 saturated carbocycles. The summed E-state index contributed by atoms with van der Waals surface area (Å²) in [6, 6.07) is 10.7. The van der Waals surface area contributed by atoms with Crippen LogP contribution < -0.4 is 5.32 Å². The molecule has 3 heteroatoms. The number of amides is 1. The normalized spacial score (nSPS) is 20.2. The molecule has 1 aliphatic heterocycles. The van der Waals surface area contributed by atoms with E-state index in [0.29, 0.717) is 0 Å². The molecular weight excluding hydrogens is 224 g/mol. The highest BCUT2D eigenvalue weighted by molar-refractivity contribution is 5.78. The van der Waals surface area contributed by atoms with E-state index in [2.05, 4.69) is 29.6 Å². The number of carbonyl (C=O) groups is 1. The van der Waals surface area contributed by atoms with Crippen LogP contribution in [-0.4, -0.2) is 36.5 Å². The van der Waals surface area contributed by atoms with Crippen LogP contribution in [-0.2, 0) is 11.2 Å². The minimum atomic E-state index is 0.0846. The molecule has 0 aliphatic carbocycles. The lowest BCUT2D eigenvalue weighted by Gasteiger charge is -2.37. The zero-order valence-electron chi connectivity index (χ0n) is 11.2. The zero-order valence-corrected chi connectivity index (χ0v) is 11.2. The summed E-state index contributed by atoms with van der Waals surface area (Å²) >= 11 is 0. The van der Waals surface area contributed by atoms with Gasteiger partial charge >= 0.3 is 0 Å². The fourth-order valence-corrected chi connectivity index (χ4v) is 2.45. The maximum atomic E-state index is 12.2. The number of piperazine rings is 1. The van der Waals surface area contributed by atoms with Crippen molar-refractivity contribution in [2.75, 3.05) is 19.6 Å². The molecule has 98 valence electrons. The first-order valence-electron chi connectivity index (χ1n) is 6.73. The van der Waals surface area contributed by atoms with Gasteiger partial charge in [-0.15, -0.1) is 0 Å². The quantitative estimate of drug-likeness (QED) is 0.880. The number of carbonyl (C=O) groups excluding carboxylic acids is 1. The van der Waals surface area contributed by atoms with Crippen molar-refractivity contribution in [1.29, 1.82) is 0 Å². The lowest BCUT2D eigenvalue weighted by molar-refractivity contribution is -0.137. The van der Waals surface area contributed by atoms with E-state index < -0.39 is 0 Å². The Kier molecular flexibility index (Phi) is 4.37. The summed E-state index contributed by atoms with van der Waals surface area (Å²) in [6.45, 7) is 6.58. The Labute approximate surface area is 109 Å². The molecule has 1 amide bonds. The minimum Gasteiger partial charge on any atom is -0.337 e. The van der Waals surface area contributed by atoms with Gasteiger partial charge in [0.1, 0.15) is 0 Å². The van der Waals surface area contributed by atoms with Gasteiger partial charge in [0.15, 0.2) is 0 Å². The summed E-state index contributed by atoms with van der Waals surface area (Å²) in [4.78, 5) is 14.2. The maximum absolute atomic E-state index is 12.2. The van der Waals surface area contributed by atoms with Gasteiger partial charge in [0.2, 0.25) is 5.91 Å². The standard InChI is InChI=1S/C15H22N2O/c1-12(2)15(18)17-9-8-16-11-14(17)10-13-6-4-3-5-7-13/h3-7,12,14,16H,8-11H2,1-2H3. The van der Waals surface area contributed by atoms with Crippen LogP contribution in [0.25, 0.3) is 0 Å². The second-order valence-corrected chi connectivity index (χ2v) is 5.23. The number of nitrogens with zero attached hydrogens (tertiary/aromatic N) is 1. The predicted molar refractivity (Wildman–Crippen MR) is 73.4 cm³/mol. The molecule has 1 atom stereocenters. The molecule has 0 spiro atoms. The van der Waals surface area contributed by atoms with Gasteiger partial charge in [-0.2, -0.15) is 0 Å². The van der Waals surface area contributed by atoms with Crippen LogP contribution in [0, 0.1) is 5.92 Å². The molecule has 2 rings (SSSR count). The average molecular weight is 246 g/mol. The molecule has 1 fully saturated rings. The summed E-state index contributed by atoms with van der Waals surface area (Å²) in [5.74, 6) is 0.360. The highest BCUT2D eigenvalue weighted by atomic mass is 16.2. The van der Waals surface area contributed by atoms with E-state index in [1.165, 1.54) is 5.56 Å². The third-order valence-corrected chi connectivity index (χ3v) is 3.44. The molecule has 1 aliphatic rings. The molecule has 1 N–H and O–H groups in total. The van der Waals surface area contributed by atoms with Crippen molar-refractivity contribution in [2.24, 2.45) is 5.92 Å². The number of rotatable bonds is 3. The van der Waals surface area contributed by atoms with E-state index in [0.717, 1.165) is 26.1 Å². The van der Waals surface area contributed by atoms with Crippen LogP contribution in [0.3, 0.4) is 0 Å². The number of hydrogen-bond donors (Lipinski definition) is 1. The van der Waals surface area contributed by atoms with Crippen LogP contribution in [0.5, 0.6) is 0 Å². The van der Waals surface area contributed by atoms with Crippen molar-refractivity contribution >= 4 is 5.91 Å². The van der Waals surface area contributed by atoms with Gasteiger partial charge in [-0.3, -0.25) is 4.79 Å². The fraction of sp³-hybridized carbons (Fsp3) is 0.533. The lowest BCUT2D eigenvalue weighted by atomic mass is 10.0. The molecule has 3 nitrogen and oxygen atoms in total. The molecule has 18 heavy (non-hydrogen) atoms. The summed E-state index contributed by atoms with van der Waals surface area (Å²) in [5, 5.41) is 3.38. The van der Waals surface area contributed by atoms with E-state index in [9.17, 15) is 4.79 Å². The SMILES string of the molecule is CC(C)C(=O)N1CCNCC1Cc1ccccc1. The van der Waals surface area contributed by atoms with E-state index in [1.54, 1.807) is 0 Å². The van der Waals surface area contributed by atoms with Gasteiger partial charge in [-0.25, -0.2) is 0 Å². The molecule has 0 radical (unpaired) electrons. The second kappa shape index (κ2) is 6.01. The first kappa shape index (κ1) is 13.1. The first-order chi connectivity index (χ1) is 8.68. The van der Waals surface area contributed by atoms with Gasteiger partial charge in [-0.1, -0.05) is 44.2 Å². The van der Waals surface area contributed by atoms with E-state index >= 15 is 0 Å². The van der Waals surface area contributed by atoms with Gasteiger partial charge in [0.25, 0.3) is 0 Å². The van der Waals surface area contributed by atoms with Crippen molar-refractivity contribution in [3.63, 3.8) is 0 Å². The molecule has 1 aromatic carbocycles. The Morgan fingerprint density at radius 2 is 2.11 bits per heavy atom. The minimum absolute atomic E-state index is 0.0846. The van der Waals surface area contributed by atoms with Crippen LogP contribution in [0.15, 0.2) is 30.3 Å². The topological polar surface area (TPSA) is 32.3 Å². The third-order valence-electron chi connectivity index (χ3n) is 3.44. The van der Waals surface area contributed by atoms with Gasteiger partial charge in [-0.05, 0) is 12.0 Å². The van der Waals surface area contributed by atoms with Crippen molar-refractivity contribution in [3.8, 4) is 0 Å². The van der Waals surface area contributed by atoms with Crippen molar-refractivity contribution in [3.05, 3.63) is 35.9 Å². The number of hydrogen-bond acceptors (Lipinski definition) is 2. The van der Waals surface area contributed by atoms with Gasteiger partial charge in [0, 0.05) is 31.6 Å². The Balaban J connectivity index is 2.06. The Morgan fingerprint density at radius 3 is 2.78 bits per heavy atom.